The number of hydrogen-bond acceptors (Lipinski definition) is 4. The molecular formula is C14H22N2O3S. The maximum atomic E-state index is 12.5. The Morgan fingerprint density at radius 2 is 2.05 bits per heavy atom. The van der Waals surface area contributed by atoms with Crippen LogP contribution in [0.15, 0.2) is 0 Å². The van der Waals surface area contributed by atoms with Crippen LogP contribution in [0, 0.1) is 12.8 Å². The smallest absolute Gasteiger partial charge is 0.323 e. The minimum absolute atomic E-state index is 0.224. The second kappa shape index (κ2) is 7.38. The van der Waals surface area contributed by atoms with Gasteiger partial charge in [0.25, 0.3) is 5.91 Å². The van der Waals surface area contributed by atoms with Crippen LogP contribution in [0.2, 0.25) is 0 Å². The van der Waals surface area contributed by atoms with Crippen LogP contribution < -0.4 is 0 Å². The number of aliphatic carboxylic acids is 1. The van der Waals surface area contributed by atoms with Crippen LogP contribution in [-0.4, -0.2) is 40.0 Å². The van der Waals surface area contributed by atoms with Crippen LogP contribution in [0.5, 0.6) is 0 Å². The molecule has 1 heterocycles. The Morgan fingerprint density at radius 3 is 2.55 bits per heavy atom. The summed E-state index contributed by atoms with van der Waals surface area (Å²) in [6.07, 6.45) is 1.83. The van der Waals surface area contributed by atoms with Crippen molar-refractivity contribution in [3.05, 3.63) is 15.6 Å². The fraction of sp³-hybridized carbons (Fsp3) is 0.643. The monoisotopic (exact) mass is 298 g/mol. The van der Waals surface area contributed by atoms with E-state index in [1.807, 2.05) is 13.8 Å². The average Bonchev–Trinajstić information content (AvgIpc) is 2.68. The molecule has 0 bridgehead atoms. The topological polar surface area (TPSA) is 70.5 Å². The minimum atomic E-state index is -0.991. The molecule has 0 aliphatic heterocycles. The van der Waals surface area contributed by atoms with Gasteiger partial charge in [-0.25, -0.2) is 4.98 Å². The van der Waals surface area contributed by atoms with Crippen LogP contribution in [-0.2, 0) is 11.2 Å². The maximum absolute atomic E-state index is 12.5. The zero-order valence-corrected chi connectivity index (χ0v) is 13.3. The minimum Gasteiger partial charge on any atom is -0.480 e. The number of carbonyl (C=O) groups excluding carboxylic acids is 1. The van der Waals surface area contributed by atoms with Crippen molar-refractivity contribution in [2.45, 2.75) is 40.5 Å². The standard InChI is InChI=1S/C14H22N2O3S/c1-5-6-11-15-10(4)13(20-11)14(19)16(7-9(2)3)8-12(17)18/h9H,5-8H2,1-4H3,(H,17,18). The summed E-state index contributed by atoms with van der Waals surface area (Å²) in [7, 11) is 0. The molecule has 1 rings (SSSR count). The summed E-state index contributed by atoms with van der Waals surface area (Å²) < 4.78 is 0. The first-order valence-corrected chi connectivity index (χ1v) is 7.64. The molecule has 0 unspecified atom stereocenters. The van der Waals surface area contributed by atoms with Crippen molar-refractivity contribution in [1.29, 1.82) is 0 Å². The molecule has 0 saturated heterocycles. The molecule has 0 saturated carbocycles. The summed E-state index contributed by atoms with van der Waals surface area (Å²) in [6.45, 7) is 7.96. The molecule has 0 aromatic carbocycles. The molecule has 0 radical (unpaired) electrons. The quantitative estimate of drug-likeness (QED) is 0.840. The van der Waals surface area contributed by atoms with Gasteiger partial charge in [0, 0.05) is 6.54 Å². The molecule has 112 valence electrons. The highest BCUT2D eigenvalue weighted by Gasteiger charge is 2.23. The first-order chi connectivity index (χ1) is 9.35. The summed E-state index contributed by atoms with van der Waals surface area (Å²) in [4.78, 5) is 29.7. The van der Waals surface area contributed by atoms with Gasteiger partial charge in [0.2, 0.25) is 0 Å². The Bertz CT molecular complexity index is 483. The summed E-state index contributed by atoms with van der Waals surface area (Å²) >= 11 is 1.38. The van der Waals surface area contributed by atoms with E-state index in [4.69, 9.17) is 5.11 Å². The van der Waals surface area contributed by atoms with Gasteiger partial charge in [-0.05, 0) is 25.7 Å². The second-order valence-corrected chi connectivity index (χ2v) is 6.33. The Labute approximate surface area is 123 Å². The van der Waals surface area contributed by atoms with Crippen molar-refractivity contribution < 1.29 is 14.7 Å². The zero-order chi connectivity index (χ0) is 15.3. The highest BCUT2D eigenvalue weighted by atomic mass is 32.1. The molecule has 1 aromatic rings. The molecule has 0 atom stereocenters. The molecule has 1 N–H and O–H groups in total. The third-order valence-corrected chi connectivity index (χ3v) is 3.90. The number of carbonyl (C=O) groups is 2. The van der Waals surface area contributed by atoms with E-state index in [9.17, 15) is 9.59 Å². The van der Waals surface area contributed by atoms with Crippen LogP contribution in [0.4, 0.5) is 0 Å². The van der Waals surface area contributed by atoms with Crippen molar-refractivity contribution in [3.63, 3.8) is 0 Å². The SMILES string of the molecule is CCCc1nc(C)c(C(=O)N(CC(=O)O)CC(C)C)s1. The Hall–Kier alpha value is -1.43. The number of amides is 1. The van der Waals surface area contributed by atoms with Crippen LogP contribution in [0.3, 0.4) is 0 Å². The van der Waals surface area contributed by atoms with Gasteiger partial charge in [0.05, 0.1) is 10.7 Å². The van der Waals surface area contributed by atoms with Crippen LogP contribution in [0.25, 0.3) is 0 Å². The van der Waals surface area contributed by atoms with Gasteiger partial charge in [-0.3, -0.25) is 9.59 Å². The normalized spacial score (nSPS) is 10.8. The Balaban J connectivity index is 2.95. The molecule has 20 heavy (non-hydrogen) atoms. The van der Waals surface area contributed by atoms with Crippen molar-refractivity contribution >= 4 is 23.2 Å². The van der Waals surface area contributed by atoms with Crippen LogP contribution >= 0.6 is 11.3 Å². The van der Waals surface area contributed by atoms with Crippen molar-refractivity contribution in [3.8, 4) is 0 Å². The highest BCUT2D eigenvalue weighted by molar-refractivity contribution is 7.13. The van der Waals surface area contributed by atoms with Crippen molar-refractivity contribution in [2.24, 2.45) is 5.92 Å². The van der Waals surface area contributed by atoms with E-state index >= 15 is 0 Å². The lowest BCUT2D eigenvalue weighted by Crippen LogP contribution is -2.38. The number of thiazole rings is 1. The third kappa shape index (κ3) is 4.59. The predicted molar refractivity (Wildman–Crippen MR) is 79.2 cm³/mol. The molecular weight excluding hydrogens is 276 g/mol. The second-order valence-electron chi connectivity index (χ2n) is 5.25. The van der Waals surface area contributed by atoms with E-state index in [1.54, 1.807) is 6.92 Å². The van der Waals surface area contributed by atoms with Crippen LogP contribution in [0.1, 0.15) is 47.6 Å². The Kier molecular flexibility index (Phi) is 6.13. The largest absolute Gasteiger partial charge is 0.480 e. The number of carboxylic acids is 1. The van der Waals surface area contributed by atoms with E-state index < -0.39 is 5.97 Å². The van der Waals surface area contributed by atoms with Crippen molar-refractivity contribution in [2.75, 3.05) is 13.1 Å². The first-order valence-electron chi connectivity index (χ1n) is 6.82. The molecule has 6 heteroatoms. The molecule has 0 aliphatic rings. The van der Waals surface area contributed by atoms with E-state index in [0.29, 0.717) is 17.1 Å². The van der Waals surface area contributed by atoms with Gasteiger partial charge in [0.1, 0.15) is 11.4 Å². The van der Waals surface area contributed by atoms with E-state index in [-0.39, 0.29) is 18.4 Å². The van der Waals surface area contributed by atoms with Gasteiger partial charge in [-0.2, -0.15) is 0 Å². The molecule has 5 nitrogen and oxygen atoms in total. The molecule has 0 aliphatic carbocycles. The summed E-state index contributed by atoms with van der Waals surface area (Å²) in [6, 6.07) is 0. The summed E-state index contributed by atoms with van der Waals surface area (Å²) in [5, 5.41) is 9.88. The number of nitrogens with zero attached hydrogens (tertiary/aromatic N) is 2. The molecule has 0 spiro atoms. The highest BCUT2D eigenvalue weighted by Crippen LogP contribution is 2.21. The zero-order valence-electron chi connectivity index (χ0n) is 12.5. The number of rotatable bonds is 7. The van der Waals surface area contributed by atoms with Gasteiger partial charge in [-0.1, -0.05) is 20.8 Å². The number of aryl methyl sites for hydroxylation is 2. The average molecular weight is 298 g/mol. The summed E-state index contributed by atoms with van der Waals surface area (Å²) in [5.41, 5.74) is 0.697. The van der Waals surface area contributed by atoms with Gasteiger partial charge in [-0.15, -0.1) is 11.3 Å². The first kappa shape index (κ1) is 16.6. The fourth-order valence-electron chi connectivity index (χ4n) is 1.94. The number of aromatic nitrogens is 1. The number of hydrogen-bond donors (Lipinski definition) is 1. The van der Waals surface area contributed by atoms with Gasteiger partial charge in [0.15, 0.2) is 0 Å². The third-order valence-electron chi connectivity index (χ3n) is 2.70. The van der Waals surface area contributed by atoms with Crippen molar-refractivity contribution in [1.82, 2.24) is 9.88 Å². The predicted octanol–water partition coefficient (Wildman–Crippen LogP) is 2.59. The van der Waals surface area contributed by atoms with E-state index in [2.05, 4.69) is 11.9 Å². The van der Waals surface area contributed by atoms with Gasteiger partial charge >= 0.3 is 5.97 Å². The molecule has 1 amide bonds. The Morgan fingerprint density at radius 1 is 1.40 bits per heavy atom. The summed E-state index contributed by atoms with van der Waals surface area (Å²) in [5.74, 6) is -0.991. The lowest BCUT2D eigenvalue weighted by Gasteiger charge is -2.22. The molecule has 0 fully saturated rings. The molecule has 1 aromatic heterocycles. The fourth-order valence-corrected chi connectivity index (χ4v) is 3.07. The lowest BCUT2D eigenvalue weighted by atomic mass is 10.2. The van der Waals surface area contributed by atoms with Gasteiger partial charge < -0.3 is 10.0 Å². The van der Waals surface area contributed by atoms with E-state index in [0.717, 1.165) is 17.8 Å². The van der Waals surface area contributed by atoms with E-state index in [1.165, 1.54) is 16.2 Å². The maximum Gasteiger partial charge on any atom is 0.323 e. The number of carboxylic acid groups (broad SMARTS) is 1. The lowest BCUT2D eigenvalue weighted by molar-refractivity contribution is -0.137.